The van der Waals surface area contributed by atoms with Gasteiger partial charge in [-0.25, -0.2) is 8.42 Å². The number of nitrogens with zero attached hydrogens (tertiary/aromatic N) is 1. The first-order valence-electron chi connectivity index (χ1n) is 10.1. The SMILES string of the molecule is CCOc1ccccc1N(CC(=O)Nc1cccc(C(C)=O)c1)S(=O)(=O)c1ccc(Cl)cc1. The number of hydrogen-bond donors (Lipinski definition) is 1. The quantitative estimate of drug-likeness (QED) is 0.439. The minimum Gasteiger partial charge on any atom is -0.492 e. The number of amides is 1. The minimum absolute atomic E-state index is 0.0235. The molecule has 0 spiro atoms. The second-order valence-corrected chi connectivity index (χ2v) is 9.35. The van der Waals surface area contributed by atoms with Crippen molar-refractivity contribution in [1.82, 2.24) is 0 Å². The van der Waals surface area contributed by atoms with Crippen LogP contribution in [0, 0.1) is 0 Å². The Hall–Kier alpha value is -3.36. The lowest BCUT2D eigenvalue weighted by atomic mass is 10.1. The van der Waals surface area contributed by atoms with Crippen LogP contribution in [0.1, 0.15) is 24.2 Å². The van der Waals surface area contributed by atoms with E-state index in [1.165, 1.54) is 37.3 Å². The largest absolute Gasteiger partial charge is 0.492 e. The Morgan fingerprint density at radius 2 is 1.70 bits per heavy atom. The van der Waals surface area contributed by atoms with E-state index in [0.29, 0.717) is 28.6 Å². The summed E-state index contributed by atoms with van der Waals surface area (Å²) in [4.78, 5) is 24.5. The number of ketones is 1. The molecule has 172 valence electrons. The van der Waals surface area contributed by atoms with Crippen molar-refractivity contribution >= 4 is 44.7 Å². The number of ether oxygens (including phenoxy) is 1. The molecule has 0 aromatic heterocycles. The molecular formula is C24H23ClN2O5S. The first-order valence-corrected chi connectivity index (χ1v) is 11.9. The summed E-state index contributed by atoms with van der Waals surface area (Å²) in [5.41, 5.74) is 1.04. The number of halogens is 1. The number of carbonyl (C=O) groups is 2. The molecule has 0 aliphatic carbocycles. The Bertz CT molecular complexity index is 1260. The van der Waals surface area contributed by atoms with Crippen molar-refractivity contribution in [2.24, 2.45) is 0 Å². The fraction of sp³-hybridized carbons (Fsp3) is 0.167. The number of carbonyl (C=O) groups excluding carboxylic acids is 2. The van der Waals surface area contributed by atoms with Crippen molar-refractivity contribution in [3.8, 4) is 5.75 Å². The molecule has 33 heavy (non-hydrogen) atoms. The van der Waals surface area contributed by atoms with Crippen LogP contribution >= 0.6 is 11.6 Å². The summed E-state index contributed by atoms with van der Waals surface area (Å²) in [5, 5.41) is 3.05. The van der Waals surface area contributed by atoms with Gasteiger partial charge >= 0.3 is 0 Å². The van der Waals surface area contributed by atoms with Gasteiger partial charge in [0.1, 0.15) is 12.3 Å². The second-order valence-electron chi connectivity index (χ2n) is 7.05. The molecule has 1 N–H and O–H groups in total. The average Bonchev–Trinajstić information content (AvgIpc) is 2.78. The van der Waals surface area contributed by atoms with E-state index < -0.39 is 22.5 Å². The third kappa shape index (κ3) is 5.91. The predicted octanol–water partition coefficient (Wildman–Crippen LogP) is 4.78. The van der Waals surface area contributed by atoms with Gasteiger partial charge in [0, 0.05) is 16.3 Å². The molecule has 0 fully saturated rings. The maximum absolute atomic E-state index is 13.5. The fourth-order valence-corrected chi connectivity index (χ4v) is 4.68. The molecule has 1 amide bonds. The van der Waals surface area contributed by atoms with Gasteiger partial charge < -0.3 is 10.1 Å². The Labute approximate surface area is 198 Å². The molecule has 0 saturated carbocycles. The lowest BCUT2D eigenvalue weighted by molar-refractivity contribution is -0.114. The molecule has 3 aromatic carbocycles. The van der Waals surface area contributed by atoms with E-state index in [4.69, 9.17) is 16.3 Å². The lowest BCUT2D eigenvalue weighted by Crippen LogP contribution is -2.38. The average molecular weight is 487 g/mol. The highest BCUT2D eigenvalue weighted by Gasteiger charge is 2.29. The molecule has 0 radical (unpaired) electrons. The third-order valence-corrected chi connectivity index (χ3v) is 6.70. The number of benzene rings is 3. The Morgan fingerprint density at radius 3 is 2.36 bits per heavy atom. The Balaban J connectivity index is 1.99. The summed E-state index contributed by atoms with van der Waals surface area (Å²) >= 11 is 5.92. The van der Waals surface area contributed by atoms with Gasteiger partial charge in [-0.3, -0.25) is 13.9 Å². The standard InChI is InChI=1S/C24H23ClN2O5S/c1-3-32-23-10-5-4-9-22(23)27(33(30,31)21-13-11-19(25)12-14-21)16-24(29)26-20-8-6-7-18(15-20)17(2)28/h4-15H,3,16H2,1-2H3,(H,26,29). The van der Waals surface area contributed by atoms with E-state index in [9.17, 15) is 18.0 Å². The predicted molar refractivity (Wildman–Crippen MR) is 129 cm³/mol. The summed E-state index contributed by atoms with van der Waals surface area (Å²) in [6.45, 7) is 3.00. The number of nitrogens with one attached hydrogen (secondary N) is 1. The Kier molecular flexibility index (Phi) is 7.73. The van der Waals surface area contributed by atoms with Crippen LogP contribution in [0.15, 0.2) is 77.7 Å². The summed E-state index contributed by atoms with van der Waals surface area (Å²) in [6, 6.07) is 18.7. The van der Waals surface area contributed by atoms with E-state index in [-0.39, 0.29) is 16.4 Å². The van der Waals surface area contributed by atoms with Crippen LogP contribution in [0.4, 0.5) is 11.4 Å². The van der Waals surface area contributed by atoms with Crippen LogP contribution < -0.4 is 14.4 Å². The molecule has 0 bridgehead atoms. The van der Waals surface area contributed by atoms with E-state index in [0.717, 1.165) is 4.31 Å². The van der Waals surface area contributed by atoms with E-state index in [2.05, 4.69) is 5.32 Å². The first-order chi connectivity index (χ1) is 15.7. The molecule has 3 aromatic rings. The van der Waals surface area contributed by atoms with Crippen molar-refractivity contribution in [2.75, 3.05) is 22.8 Å². The van der Waals surface area contributed by atoms with Gasteiger partial charge in [0.2, 0.25) is 5.91 Å². The Morgan fingerprint density at radius 1 is 1.00 bits per heavy atom. The summed E-state index contributed by atoms with van der Waals surface area (Å²) in [6.07, 6.45) is 0. The number of rotatable bonds is 9. The van der Waals surface area contributed by atoms with Crippen molar-refractivity contribution in [3.63, 3.8) is 0 Å². The number of sulfonamides is 1. The van der Waals surface area contributed by atoms with Crippen LogP contribution in [0.2, 0.25) is 5.02 Å². The van der Waals surface area contributed by atoms with Gasteiger partial charge in [-0.15, -0.1) is 0 Å². The van der Waals surface area contributed by atoms with Crippen LogP contribution in [0.25, 0.3) is 0 Å². The molecule has 0 heterocycles. The zero-order valence-electron chi connectivity index (χ0n) is 18.1. The highest BCUT2D eigenvalue weighted by Crippen LogP contribution is 2.32. The van der Waals surface area contributed by atoms with Crippen LogP contribution in [0.3, 0.4) is 0 Å². The molecule has 0 aliphatic rings. The summed E-state index contributed by atoms with van der Waals surface area (Å²) in [5.74, 6) is -0.410. The van der Waals surface area contributed by atoms with Gasteiger partial charge in [-0.05, 0) is 62.4 Å². The number of para-hydroxylation sites is 2. The van der Waals surface area contributed by atoms with Gasteiger partial charge in [-0.1, -0.05) is 35.9 Å². The van der Waals surface area contributed by atoms with Crippen molar-refractivity contribution in [1.29, 1.82) is 0 Å². The third-order valence-electron chi connectivity index (χ3n) is 4.68. The zero-order valence-corrected chi connectivity index (χ0v) is 19.7. The minimum atomic E-state index is -4.14. The number of anilines is 2. The smallest absolute Gasteiger partial charge is 0.264 e. The van der Waals surface area contributed by atoms with E-state index in [1.807, 2.05) is 0 Å². The molecule has 0 saturated heterocycles. The number of hydrogen-bond acceptors (Lipinski definition) is 5. The summed E-state index contributed by atoms with van der Waals surface area (Å²) in [7, 11) is -4.14. The molecular weight excluding hydrogens is 464 g/mol. The number of Topliss-reactive ketones (excluding diaryl/α,β-unsaturated/α-hetero) is 1. The van der Waals surface area contributed by atoms with Crippen molar-refractivity contribution in [3.05, 3.63) is 83.4 Å². The maximum atomic E-state index is 13.5. The van der Waals surface area contributed by atoms with Gasteiger partial charge in [0.05, 0.1) is 17.2 Å². The highest BCUT2D eigenvalue weighted by molar-refractivity contribution is 7.92. The van der Waals surface area contributed by atoms with Crippen LogP contribution in [-0.4, -0.2) is 33.3 Å². The van der Waals surface area contributed by atoms with E-state index in [1.54, 1.807) is 49.4 Å². The lowest BCUT2D eigenvalue weighted by Gasteiger charge is -2.26. The van der Waals surface area contributed by atoms with Crippen LogP contribution in [0.5, 0.6) is 5.75 Å². The molecule has 3 rings (SSSR count). The van der Waals surface area contributed by atoms with Gasteiger partial charge in [0.25, 0.3) is 10.0 Å². The van der Waals surface area contributed by atoms with Gasteiger partial charge in [0.15, 0.2) is 5.78 Å². The van der Waals surface area contributed by atoms with E-state index >= 15 is 0 Å². The zero-order chi connectivity index (χ0) is 24.0. The van der Waals surface area contributed by atoms with Crippen molar-refractivity contribution in [2.45, 2.75) is 18.7 Å². The highest BCUT2D eigenvalue weighted by atomic mass is 35.5. The van der Waals surface area contributed by atoms with Crippen LogP contribution in [-0.2, 0) is 14.8 Å². The van der Waals surface area contributed by atoms with Gasteiger partial charge in [-0.2, -0.15) is 0 Å². The fourth-order valence-electron chi connectivity index (χ4n) is 3.12. The normalized spacial score (nSPS) is 11.0. The second kappa shape index (κ2) is 10.5. The van der Waals surface area contributed by atoms with Crippen molar-refractivity contribution < 1.29 is 22.7 Å². The first kappa shape index (κ1) is 24.3. The summed E-state index contributed by atoms with van der Waals surface area (Å²) < 4.78 is 33.7. The molecule has 9 heteroatoms. The molecule has 0 aliphatic heterocycles. The monoisotopic (exact) mass is 486 g/mol. The molecule has 7 nitrogen and oxygen atoms in total. The maximum Gasteiger partial charge on any atom is 0.264 e. The topological polar surface area (TPSA) is 92.8 Å². The molecule has 0 atom stereocenters. The molecule has 0 unspecified atom stereocenters.